The number of halogens is 2. The molecule has 100 valence electrons. The van der Waals surface area contributed by atoms with Crippen molar-refractivity contribution in [3.05, 3.63) is 64.5 Å². The van der Waals surface area contributed by atoms with Crippen LogP contribution < -0.4 is 4.74 Å². The van der Waals surface area contributed by atoms with Crippen LogP contribution in [0.15, 0.2) is 53.0 Å². The molecule has 0 unspecified atom stereocenters. The van der Waals surface area contributed by atoms with Gasteiger partial charge < -0.3 is 4.74 Å². The van der Waals surface area contributed by atoms with E-state index in [9.17, 15) is 4.39 Å². The third-order valence-corrected chi connectivity index (χ3v) is 3.57. The molecule has 0 atom stereocenters. The number of hydrogen-bond donors (Lipinski definition) is 0. The third kappa shape index (κ3) is 2.51. The molecule has 0 aliphatic carbocycles. The summed E-state index contributed by atoms with van der Waals surface area (Å²) in [6.07, 6.45) is 0. The summed E-state index contributed by atoms with van der Waals surface area (Å²) in [4.78, 5) is 4.45. The molecule has 2 aromatic carbocycles. The van der Waals surface area contributed by atoms with E-state index >= 15 is 0 Å². The maximum atomic E-state index is 13.3. The third-order valence-electron chi connectivity index (χ3n) is 2.92. The fraction of sp³-hybridized carbons (Fsp3) is 0.0625. The molecule has 3 aromatic rings. The van der Waals surface area contributed by atoms with Crippen LogP contribution >= 0.6 is 15.9 Å². The zero-order valence-corrected chi connectivity index (χ0v) is 12.3. The van der Waals surface area contributed by atoms with Crippen LogP contribution in [0.2, 0.25) is 0 Å². The van der Waals surface area contributed by atoms with E-state index in [2.05, 4.69) is 20.9 Å². The Labute approximate surface area is 124 Å². The van der Waals surface area contributed by atoms with E-state index < -0.39 is 0 Å². The van der Waals surface area contributed by atoms with E-state index in [-0.39, 0.29) is 5.82 Å². The van der Waals surface area contributed by atoms with Gasteiger partial charge in [-0.05, 0) is 47.1 Å². The maximum absolute atomic E-state index is 13.3. The van der Waals surface area contributed by atoms with Gasteiger partial charge in [0.25, 0.3) is 0 Å². The van der Waals surface area contributed by atoms with Crippen LogP contribution in [0.1, 0.15) is 5.69 Å². The van der Waals surface area contributed by atoms with Crippen LogP contribution in [-0.4, -0.2) is 4.98 Å². The van der Waals surface area contributed by atoms with Crippen molar-refractivity contribution in [3.63, 3.8) is 0 Å². The molecule has 3 rings (SSSR count). The fourth-order valence-electron chi connectivity index (χ4n) is 2.03. The standard InChI is InChI=1S/C16H11BrFNO/c1-10-8-15(12-4-2-3-5-14(12)19-10)20-16-9-11(18)6-7-13(16)17/h2-9H,1H3. The Kier molecular flexibility index (Phi) is 3.40. The van der Waals surface area contributed by atoms with E-state index in [1.165, 1.54) is 12.1 Å². The van der Waals surface area contributed by atoms with Gasteiger partial charge in [0.1, 0.15) is 17.3 Å². The lowest BCUT2D eigenvalue weighted by Crippen LogP contribution is -1.91. The summed E-state index contributed by atoms with van der Waals surface area (Å²) in [5.41, 5.74) is 1.71. The number of hydrogen-bond acceptors (Lipinski definition) is 2. The second-order valence-corrected chi connectivity index (χ2v) is 5.31. The van der Waals surface area contributed by atoms with E-state index in [1.807, 2.05) is 37.3 Å². The van der Waals surface area contributed by atoms with Crippen molar-refractivity contribution in [2.75, 3.05) is 0 Å². The van der Waals surface area contributed by atoms with Crippen LogP contribution in [0.5, 0.6) is 11.5 Å². The molecule has 0 radical (unpaired) electrons. The monoisotopic (exact) mass is 331 g/mol. The highest BCUT2D eigenvalue weighted by Gasteiger charge is 2.09. The van der Waals surface area contributed by atoms with E-state index in [4.69, 9.17) is 4.74 Å². The molecule has 0 aliphatic heterocycles. The van der Waals surface area contributed by atoms with Crippen LogP contribution in [0, 0.1) is 12.7 Å². The minimum Gasteiger partial charge on any atom is -0.455 e. The highest BCUT2D eigenvalue weighted by molar-refractivity contribution is 9.10. The molecule has 0 amide bonds. The minimum absolute atomic E-state index is 0.335. The van der Waals surface area contributed by atoms with Crippen molar-refractivity contribution in [1.82, 2.24) is 4.98 Å². The average Bonchev–Trinajstić information content (AvgIpc) is 2.43. The first kappa shape index (κ1) is 13.1. The van der Waals surface area contributed by atoms with Crippen molar-refractivity contribution in [1.29, 1.82) is 0 Å². The number of ether oxygens (including phenoxy) is 1. The molecule has 0 spiro atoms. The summed E-state index contributed by atoms with van der Waals surface area (Å²) in [6, 6.07) is 13.9. The molecule has 2 nitrogen and oxygen atoms in total. The molecule has 0 fully saturated rings. The summed E-state index contributed by atoms with van der Waals surface area (Å²) in [7, 11) is 0. The zero-order valence-electron chi connectivity index (χ0n) is 10.7. The Hall–Kier alpha value is -1.94. The first-order valence-electron chi connectivity index (χ1n) is 6.13. The summed E-state index contributed by atoms with van der Waals surface area (Å²) in [5, 5.41) is 0.897. The largest absolute Gasteiger partial charge is 0.455 e. The Morgan fingerprint density at radius 1 is 1.05 bits per heavy atom. The molecule has 0 bridgehead atoms. The zero-order chi connectivity index (χ0) is 14.1. The number of pyridine rings is 1. The molecular weight excluding hydrogens is 321 g/mol. The fourth-order valence-corrected chi connectivity index (χ4v) is 2.36. The number of benzene rings is 2. The van der Waals surface area contributed by atoms with E-state index in [1.54, 1.807) is 6.07 Å². The van der Waals surface area contributed by atoms with Crippen molar-refractivity contribution in [2.45, 2.75) is 6.92 Å². The minimum atomic E-state index is -0.335. The molecule has 20 heavy (non-hydrogen) atoms. The van der Waals surface area contributed by atoms with Crippen molar-refractivity contribution in [3.8, 4) is 11.5 Å². The SMILES string of the molecule is Cc1cc(Oc2cc(F)ccc2Br)c2ccccc2n1. The Morgan fingerprint density at radius 2 is 1.85 bits per heavy atom. The Bertz CT molecular complexity index is 789. The smallest absolute Gasteiger partial charge is 0.144 e. The van der Waals surface area contributed by atoms with Crippen molar-refractivity contribution in [2.24, 2.45) is 0 Å². The predicted octanol–water partition coefficient (Wildman–Crippen LogP) is 5.24. The van der Waals surface area contributed by atoms with Crippen molar-refractivity contribution >= 4 is 26.8 Å². The average molecular weight is 332 g/mol. The molecule has 1 heterocycles. The summed E-state index contributed by atoms with van der Waals surface area (Å²) in [6.45, 7) is 1.90. The van der Waals surface area contributed by atoms with Gasteiger partial charge in [0.15, 0.2) is 0 Å². The topological polar surface area (TPSA) is 22.1 Å². The van der Waals surface area contributed by atoms with Gasteiger partial charge in [-0.15, -0.1) is 0 Å². The van der Waals surface area contributed by atoms with Gasteiger partial charge in [0.2, 0.25) is 0 Å². The first-order valence-corrected chi connectivity index (χ1v) is 6.92. The summed E-state index contributed by atoms with van der Waals surface area (Å²) >= 11 is 3.36. The quantitative estimate of drug-likeness (QED) is 0.640. The van der Waals surface area contributed by atoms with Gasteiger partial charge in [0, 0.05) is 23.2 Å². The second kappa shape index (κ2) is 5.21. The number of para-hydroxylation sites is 1. The number of aromatic nitrogens is 1. The lowest BCUT2D eigenvalue weighted by molar-refractivity contribution is 0.478. The van der Waals surface area contributed by atoms with Crippen molar-refractivity contribution < 1.29 is 9.13 Å². The van der Waals surface area contributed by atoms with Gasteiger partial charge in [-0.2, -0.15) is 0 Å². The number of fused-ring (bicyclic) bond motifs is 1. The molecule has 0 saturated heterocycles. The lowest BCUT2D eigenvalue weighted by atomic mass is 10.2. The number of rotatable bonds is 2. The second-order valence-electron chi connectivity index (χ2n) is 4.46. The predicted molar refractivity (Wildman–Crippen MR) is 80.7 cm³/mol. The number of nitrogens with zero attached hydrogens (tertiary/aromatic N) is 1. The van der Waals surface area contributed by atoms with Crippen LogP contribution in [0.4, 0.5) is 4.39 Å². The summed E-state index contributed by atoms with van der Waals surface area (Å²) < 4.78 is 19.9. The van der Waals surface area contributed by atoms with E-state index in [0.29, 0.717) is 16.0 Å². The molecule has 0 N–H and O–H groups in total. The maximum Gasteiger partial charge on any atom is 0.144 e. The van der Waals surface area contributed by atoms with Gasteiger partial charge in [-0.25, -0.2) is 4.39 Å². The molecule has 1 aromatic heterocycles. The molecule has 4 heteroatoms. The van der Waals surface area contributed by atoms with Gasteiger partial charge in [-0.1, -0.05) is 12.1 Å². The lowest BCUT2D eigenvalue weighted by Gasteiger charge is -2.11. The van der Waals surface area contributed by atoms with Crippen LogP contribution in [-0.2, 0) is 0 Å². The Morgan fingerprint density at radius 3 is 2.70 bits per heavy atom. The van der Waals surface area contributed by atoms with Crippen LogP contribution in [0.25, 0.3) is 10.9 Å². The first-order chi connectivity index (χ1) is 9.63. The Balaban J connectivity index is 2.13. The molecular formula is C16H11BrFNO. The van der Waals surface area contributed by atoms with Crippen LogP contribution in [0.3, 0.4) is 0 Å². The van der Waals surface area contributed by atoms with Gasteiger partial charge >= 0.3 is 0 Å². The molecule has 0 saturated carbocycles. The van der Waals surface area contributed by atoms with Gasteiger partial charge in [0.05, 0.1) is 9.99 Å². The normalized spacial score (nSPS) is 10.8. The molecule has 0 aliphatic rings. The summed E-state index contributed by atoms with van der Waals surface area (Å²) in [5.74, 6) is 0.776. The highest BCUT2D eigenvalue weighted by Crippen LogP contribution is 2.34. The number of aryl methyl sites for hydroxylation is 1. The van der Waals surface area contributed by atoms with Gasteiger partial charge in [-0.3, -0.25) is 4.98 Å². The highest BCUT2D eigenvalue weighted by atomic mass is 79.9. The van der Waals surface area contributed by atoms with E-state index in [0.717, 1.165) is 16.6 Å².